The first kappa shape index (κ1) is 18.0. The van der Waals surface area contributed by atoms with E-state index in [1.54, 1.807) is 6.20 Å². The fourth-order valence-corrected chi connectivity index (χ4v) is 3.02. The van der Waals surface area contributed by atoms with Crippen molar-refractivity contribution in [2.45, 2.75) is 13.3 Å². The molecule has 2 saturated heterocycles. The number of hydrogen-bond acceptors (Lipinski definition) is 7. The summed E-state index contributed by atoms with van der Waals surface area (Å²) in [6, 6.07) is 0. The number of carbonyl (C=O) groups excluding carboxylic acids is 1. The molecule has 2 aliphatic heterocycles. The Labute approximate surface area is 148 Å². The minimum absolute atomic E-state index is 0.104. The van der Waals surface area contributed by atoms with Gasteiger partial charge in [0.05, 0.1) is 37.7 Å². The molecule has 0 atom stereocenters. The predicted molar refractivity (Wildman–Crippen MR) is 94.0 cm³/mol. The molecular weight excluding hydrogens is 322 g/mol. The lowest BCUT2D eigenvalue weighted by Crippen LogP contribution is -2.38. The van der Waals surface area contributed by atoms with E-state index >= 15 is 0 Å². The number of carbonyl (C=O) groups is 1. The molecule has 1 aromatic rings. The molecule has 0 radical (unpaired) electrons. The van der Waals surface area contributed by atoms with Gasteiger partial charge in [-0.2, -0.15) is 0 Å². The lowest BCUT2D eigenvalue weighted by molar-refractivity contribution is 0.0374. The molecule has 8 nitrogen and oxygen atoms in total. The smallest absolute Gasteiger partial charge is 0.254 e. The molecule has 1 N–H and O–H groups in total. The number of aryl methyl sites for hydroxylation is 1. The summed E-state index contributed by atoms with van der Waals surface area (Å²) < 4.78 is 10.7. The Morgan fingerprint density at radius 1 is 1.16 bits per heavy atom. The highest BCUT2D eigenvalue weighted by Crippen LogP contribution is 2.12. The molecule has 2 aliphatic rings. The molecule has 0 aromatic carbocycles. The molecular formula is C17H27N5O3. The number of nitrogens with one attached hydrogen (secondary N) is 1. The molecule has 138 valence electrons. The fourth-order valence-electron chi connectivity index (χ4n) is 3.02. The quantitative estimate of drug-likeness (QED) is 0.728. The van der Waals surface area contributed by atoms with Crippen molar-refractivity contribution in [1.29, 1.82) is 0 Å². The molecule has 0 spiro atoms. The second kappa shape index (κ2) is 9.07. The summed E-state index contributed by atoms with van der Waals surface area (Å²) in [6.45, 7) is 10.00. The van der Waals surface area contributed by atoms with Crippen LogP contribution in [-0.4, -0.2) is 86.5 Å². The lowest BCUT2D eigenvalue weighted by atomic mass is 10.2. The lowest BCUT2D eigenvalue weighted by Gasteiger charge is -2.27. The number of rotatable bonds is 6. The number of anilines is 1. The summed E-state index contributed by atoms with van der Waals surface area (Å²) in [5, 5.41) is 2.97. The predicted octanol–water partition coefficient (Wildman–Crippen LogP) is 0.0737. The van der Waals surface area contributed by atoms with Gasteiger partial charge in [0.25, 0.3) is 5.91 Å². The number of amides is 1. The van der Waals surface area contributed by atoms with Gasteiger partial charge in [-0.05, 0) is 19.9 Å². The average Bonchev–Trinajstić information content (AvgIpc) is 2.66. The first-order valence-corrected chi connectivity index (χ1v) is 8.98. The Morgan fingerprint density at radius 2 is 1.84 bits per heavy atom. The Balaban J connectivity index is 1.46. The SMILES string of the molecule is Cc1nc(N2CCOCC2)ncc1C(=O)NCCCN1CCOCC1. The Hall–Kier alpha value is -1.77. The molecule has 1 amide bonds. The van der Waals surface area contributed by atoms with Crippen LogP contribution < -0.4 is 10.2 Å². The standard InChI is InChI=1S/C17H27N5O3/c1-14-15(13-19-17(20-14)22-7-11-25-12-8-22)16(23)18-3-2-4-21-5-9-24-10-6-21/h13H,2-12H2,1H3,(H,18,23). The fraction of sp³-hybridized carbons (Fsp3) is 0.706. The molecule has 3 rings (SSSR count). The number of aromatic nitrogens is 2. The molecule has 2 fully saturated rings. The first-order chi connectivity index (χ1) is 12.2. The highest BCUT2D eigenvalue weighted by molar-refractivity contribution is 5.94. The minimum atomic E-state index is -0.104. The van der Waals surface area contributed by atoms with E-state index in [-0.39, 0.29) is 5.91 Å². The van der Waals surface area contributed by atoms with Crippen LogP contribution in [0.25, 0.3) is 0 Å². The highest BCUT2D eigenvalue weighted by Gasteiger charge is 2.17. The topological polar surface area (TPSA) is 79.8 Å². The molecule has 1 aromatic heterocycles. The van der Waals surface area contributed by atoms with E-state index in [9.17, 15) is 4.79 Å². The third-order valence-corrected chi connectivity index (χ3v) is 4.55. The van der Waals surface area contributed by atoms with E-state index in [1.807, 2.05) is 6.92 Å². The van der Waals surface area contributed by atoms with E-state index in [0.717, 1.165) is 52.4 Å². The second-order valence-electron chi connectivity index (χ2n) is 6.33. The van der Waals surface area contributed by atoms with Crippen molar-refractivity contribution in [3.05, 3.63) is 17.5 Å². The van der Waals surface area contributed by atoms with Crippen LogP contribution >= 0.6 is 0 Å². The normalized spacial score (nSPS) is 19.0. The van der Waals surface area contributed by atoms with Gasteiger partial charge in [0, 0.05) is 38.9 Å². The van der Waals surface area contributed by atoms with Crippen LogP contribution in [-0.2, 0) is 9.47 Å². The summed E-state index contributed by atoms with van der Waals surface area (Å²) in [4.78, 5) is 25.7. The molecule has 0 unspecified atom stereocenters. The van der Waals surface area contributed by atoms with Gasteiger partial charge < -0.3 is 19.7 Å². The molecule has 8 heteroatoms. The summed E-state index contributed by atoms with van der Waals surface area (Å²) in [5.41, 5.74) is 1.26. The third kappa shape index (κ3) is 5.10. The number of morpholine rings is 2. The number of nitrogens with zero attached hydrogens (tertiary/aromatic N) is 4. The van der Waals surface area contributed by atoms with E-state index in [1.165, 1.54) is 0 Å². The van der Waals surface area contributed by atoms with Crippen LogP contribution in [0.4, 0.5) is 5.95 Å². The molecule has 0 saturated carbocycles. The van der Waals surface area contributed by atoms with Gasteiger partial charge in [0.1, 0.15) is 0 Å². The highest BCUT2D eigenvalue weighted by atomic mass is 16.5. The van der Waals surface area contributed by atoms with Crippen LogP contribution in [0.1, 0.15) is 22.5 Å². The van der Waals surface area contributed by atoms with Crippen LogP contribution in [0.2, 0.25) is 0 Å². The van der Waals surface area contributed by atoms with Crippen molar-refractivity contribution in [3.8, 4) is 0 Å². The maximum absolute atomic E-state index is 12.3. The average molecular weight is 349 g/mol. The summed E-state index contributed by atoms with van der Waals surface area (Å²) >= 11 is 0. The second-order valence-corrected chi connectivity index (χ2v) is 6.33. The molecule has 0 aliphatic carbocycles. The van der Waals surface area contributed by atoms with Gasteiger partial charge in [0.2, 0.25) is 5.95 Å². The van der Waals surface area contributed by atoms with Crippen LogP contribution in [0, 0.1) is 6.92 Å². The van der Waals surface area contributed by atoms with Crippen molar-refractivity contribution in [2.75, 3.05) is 70.6 Å². The van der Waals surface area contributed by atoms with Crippen molar-refractivity contribution in [1.82, 2.24) is 20.2 Å². The van der Waals surface area contributed by atoms with E-state index in [0.29, 0.717) is 37.0 Å². The van der Waals surface area contributed by atoms with Gasteiger partial charge in [-0.25, -0.2) is 9.97 Å². The van der Waals surface area contributed by atoms with E-state index in [2.05, 4.69) is 25.1 Å². The van der Waals surface area contributed by atoms with Crippen molar-refractivity contribution in [3.63, 3.8) is 0 Å². The molecule has 25 heavy (non-hydrogen) atoms. The van der Waals surface area contributed by atoms with E-state index < -0.39 is 0 Å². The van der Waals surface area contributed by atoms with Crippen molar-refractivity contribution >= 4 is 11.9 Å². The van der Waals surface area contributed by atoms with Gasteiger partial charge >= 0.3 is 0 Å². The number of ether oxygens (including phenoxy) is 2. The summed E-state index contributed by atoms with van der Waals surface area (Å²) in [7, 11) is 0. The van der Waals surface area contributed by atoms with Gasteiger partial charge in [-0.3, -0.25) is 9.69 Å². The summed E-state index contributed by atoms with van der Waals surface area (Å²) in [5.74, 6) is 0.567. The van der Waals surface area contributed by atoms with Gasteiger partial charge in [0.15, 0.2) is 0 Å². The maximum atomic E-state index is 12.3. The zero-order valence-electron chi connectivity index (χ0n) is 14.9. The van der Waals surface area contributed by atoms with Crippen LogP contribution in [0.5, 0.6) is 0 Å². The van der Waals surface area contributed by atoms with E-state index in [4.69, 9.17) is 9.47 Å². The minimum Gasteiger partial charge on any atom is -0.379 e. The van der Waals surface area contributed by atoms with Crippen molar-refractivity contribution in [2.24, 2.45) is 0 Å². The zero-order chi connectivity index (χ0) is 17.5. The van der Waals surface area contributed by atoms with Crippen LogP contribution in [0.3, 0.4) is 0 Å². The molecule has 0 bridgehead atoms. The Kier molecular flexibility index (Phi) is 6.55. The molecule has 3 heterocycles. The first-order valence-electron chi connectivity index (χ1n) is 8.98. The largest absolute Gasteiger partial charge is 0.379 e. The van der Waals surface area contributed by atoms with Crippen molar-refractivity contribution < 1.29 is 14.3 Å². The third-order valence-electron chi connectivity index (χ3n) is 4.55. The Morgan fingerprint density at radius 3 is 2.52 bits per heavy atom. The maximum Gasteiger partial charge on any atom is 0.254 e. The van der Waals surface area contributed by atoms with Crippen LogP contribution in [0.15, 0.2) is 6.20 Å². The zero-order valence-corrected chi connectivity index (χ0v) is 14.9. The van der Waals surface area contributed by atoms with Gasteiger partial charge in [-0.15, -0.1) is 0 Å². The summed E-state index contributed by atoms with van der Waals surface area (Å²) in [6.07, 6.45) is 2.56. The monoisotopic (exact) mass is 349 g/mol. The van der Waals surface area contributed by atoms with Gasteiger partial charge in [-0.1, -0.05) is 0 Å². The Bertz CT molecular complexity index is 571. The number of hydrogen-bond donors (Lipinski definition) is 1.